The van der Waals surface area contributed by atoms with Crippen LogP contribution in [0.5, 0.6) is 0 Å². The third-order valence-corrected chi connectivity index (χ3v) is 4.62. The van der Waals surface area contributed by atoms with E-state index in [1.807, 2.05) is 30.5 Å². The molecule has 3 rings (SSSR count). The van der Waals surface area contributed by atoms with Crippen molar-refractivity contribution in [3.05, 3.63) is 48.6 Å². The molecule has 3 heterocycles. The summed E-state index contributed by atoms with van der Waals surface area (Å²) < 4.78 is 10.5. The molecule has 146 valence electrons. The quantitative estimate of drug-likeness (QED) is 0.420. The number of hydrogen-bond acceptors (Lipinski definition) is 5. The van der Waals surface area contributed by atoms with Crippen molar-refractivity contribution in [2.45, 2.75) is 25.3 Å². The molecule has 2 N–H and O–H groups in total. The van der Waals surface area contributed by atoms with Crippen molar-refractivity contribution in [3.63, 3.8) is 0 Å². The van der Waals surface area contributed by atoms with Gasteiger partial charge in [-0.15, -0.1) is 0 Å². The number of pyridine rings is 1. The first-order valence-electron chi connectivity index (χ1n) is 9.57. The van der Waals surface area contributed by atoms with Gasteiger partial charge in [0, 0.05) is 45.4 Å². The van der Waals surface area contributed by atoms with Gasteiger partial charge in [0.15, 0.2) is 5.96 Å². The van der Waals surface area contributed by atoms with Crippen LogP contribution < -0.4 is 15.5 Å². The molecule has 1 aliphatic rings. The Labute approximate surface area is 160 Å². The summed E-state index contributed by atoms with van der Waals surface area (Å²) in [5.41, 5.74) is 0. The summed E-state index contributed by atoms with van der Waals surface area (Å²) in [7, 11) is 1.69. The highest BCUT2D eigenvalue weighted by Crippen LogP contribution is 2.17. The number of methoxy groups -OCH3 is 1. The first-order chi connectivity index (χ1) is 13.3. The van der Waals surface area contributed by atoms with Gasteiger partial charge in [-0.3, -0.25) is 4.99 Å². The van der Waals surface area contributed by atoms with E-state index in [4.69, 9.17) is 9.15 Å². The van der Waals surface area contributed by atoms with Gasteiger partial charge in [0.25, 0.3) is 0 Å². The van der Waals surface area contributed by atoms with E-state index in [-0.39, 0.29) is 0 Å². The average Bonchev–Trinajstić information content (AvgIpc) is 3.23. The van der Waals surface area contributed by atoms with Crippen LogP contribution in [0.2, 0.25) is 0 Å². The molecule has 0 bridgehead atoms. The van der Waals surface area contributed by atoms with E-state index >= 15 is 0 Å². The molecule has 2 aromatic heterocycles. The summed E-state index contributed by atoms with van der Waals surface area (Å²) >= 11 is 0. The fraction of sp³-hybridized carbons (Fsp3) is 0.500. The second kappa shape index (κ2) is 10.6. The van der Waals surface area contributed by atoms with Crippen LogP contribution >= 0.6 is 0 Å². The van der Waals surface area contributed by atoms with Crippen molar-refractivity contribution in [1.29, 1.82) is 0 Å². The van der Waals surface area contributed by atoms with Crippen LogP contribution in [0.25, 0.3) is 0 Å². The molecule has 0 radical (unpaired) electrons. The van der Waals surface area contributed by atoms with Crippen LogP contribution in [0.4, 0.5) is 5.82 Å². The van der Waals surface area contributed by atoms with Crippen LogP contribution in [-0.2, 0) is 11.2 Å². The molecular weight excluding hydrogens is 342 g/mol. The van der Waals surface area contributed by atoms with E-state index in [1.165, 1.54) is 0 Å². The van der Waals surface area contributed by atoms with Crippen LogP contribution in [0.3, 0.4) is 0 Å². The maximum Gasteiger partial charge on any atom is 0.191 e. The van der Waals surface area contributed by atoms with Crippen molar-refractivity contribution < 1.29 is 9.15 Å². The van der Waals surface area contributed by atoms with Gasteiger partial charge in [-0.2, -0.15) is 0 Å². The lowest BCUT2D eigenvalue weighted by atomic mass is 10.1. The predicted molar refractivity (Wildman–Crippen MR) is 107 cm³/mol. The SMILES string of the molecule is COCCN=C(NCCc1ccco1)NC1CCN(c2ccccn2)CC1. The maximum absolute atomic E-state index is 5.39. The predicted octanol–water partition coefficient (Wildman–Crippen LogP) is 2.07. The third-order valence-electron chi connectivity index (χ3n) is 4.62. The summed E-state index contributed by atoms with van der Waals surface area (Å²) in [6, 6.07) is 10.4. The van der Waals surface area contributed by atoms with Crippen LogP contribution in [0.15, 0.2) is 52.2 Å². The Morgan fingerprint density at radius 1 is 1.30 bits per heavy atom. The van der Waals surface area contributed by atoms with E-state index in [1.54, 1.807) is 13.4 Å². The minimum Gasteiger partial charge on any atom is -0.469 e. The fourth-order valence-corrected chi connectivity index (χ4v) is 3.15. The smallest absolute Gasteiger partial charge is 0.191 e. The second-order valence-electron chi connectivity index (χ2n) is 6.57. The summed E-state index contributed by atoms with van der Waals surface area (Å²) in [5, 5.41) is 6.98. The molecule has 0 aromatic carbocycles. The lowest BCUT2D eigenvalue weighted by Crippen LogP contribution is -2.49. The Morgan fingerprint density at radius 3 is 2.89 bits per heavy atom. The van der Waals surface area contributed by atoms with Gasteiger partial charge in [0.05, 0.1) is 19.4 Å². The molecule has 7 heteroatoms. The van der Waals surface area contributed by atoms with Gasteiger partial charge in [-0.05, 0) is 37.1 Å². The van der Waals surface area contributed by atoms with Gasteiger partial charge in [0.1, 0.15) is 11.6 Å². The van der Waals surface area contributed by atoms with E-state index in [9.17, 15) is 0 Å². The van der Waals surface area contributed by atoms with Gasteiger partial charge in [-0.1, -0.05) is 6.07 Å². The largest absolute Gasteiger partial charge is 0.469 e. The Bertz CT molecular complexity index is 667. The summed E-state index contributed by atoms with van der Waals surface area (Å²) in [6.07, 6.45) is 6.50. The normalized spacial score (nSPS) is 15.7. The zero-order chi connectivity index (χ0) is 18.7. The maximum atomic E-state index is 5.39. The molecule has 2 aromatic rings. The number of ether oxygens (including phenoxy) is 1. The number of aromatic nitrogens is 1. The monoisotopic (exact) mass is 371 g/mol. The number of anilines is 1. The van der Waals surface area contributed by atoms with Crippen molar-refractivity contribution in [1.82, 2.24) is 15.6 Å². The molecule has 1 saturated heterocycles. The van der Waals surface area contributed by atoms with E-state index in [0.29, 0.717) is 19.2 Å². The summed E-state index contributed by atoms with van der Waals surface area (Å²) in [6.45, 7) is 4.01. The molecule has 7 nitrogen and oxygen atoms in total. The van der Waals surface area contributed by atoms with Gasteiger partial charge in [-0.25, -0.2) is 4.98 Å². The van der Waals surface area contributed by atoms with Gasteiger partial charge in [0.2, 0.25) is 0 Å². The Balaban J connectivity index is 1.47. The number of guanidine groups is 1. The Morgan fingerprint density at radius 2 is 2.19 bits per heavy atom. The van der Waals surface area contributed by atoms with Crippen LogP contribution in [0.1, 0.15) is 18.6 Å². The van der Waals surface area contributed by atoms with Crippen molar-refractivity contribution in [3.8, 4) is 0 Å². The average molecular weight is 371 g/mol. The Hall–Kier alpha value is -2.54. The number of nitrogens with zero attached hydrogens (tertiary/aromatic N) is 3. The van der Waals surface area contributed by atoms with E-state index < -0.39 is 0 Å². The van der Waals surface area contributed by atoms with Gasteiger partial charge >= 0.3 is 0 Å². The summed E-state index contributed by atoms with van der Waals surface area (Å²) in [5.74, 6) is 2.87. The molecule has 0 saturated carbocycles. The van der Waals surface area contributed by atoms with Crippen molar-refractivity contribution >= 4 is 11.8 Å². The molecule has 0 atom stereocenters. The second-order valence-corrected chi connectivity index (χ2v) is 6.57. The molecular formula is C20H29N5O2. The number of hydrogen-bond donors (Lipinski definition) is 2. The Kier molecular flexibility index (Phi) is 7.53. The third kappa shape index (κ3) is 6.29. The van der Waals surface area contributed by atoms with Gasteiger partial charge < -0.3 is 24.7 Å². The van der Waals surface area contributed by atoms with Crippen LogP contribution in [-0.4, -0.2) is 56.9 Å². The first kappa shape index (κ1) is 19.2. The molecule has 0 spiro atoms. The van der Waals surface area contributed by atoms with Crippen molar-refractivity contribution in [2.24, 2.45) is 4.99 Å². The lowest BCUT2D eigenvalue weighted by molar-refractivity contribution is 0.207. The minimum absolute atomic E-state index is 0.405. The van der Waals surface area contributed by atoms with E-state index in [2.05, 4.69) is 31.6 Å². The van der Waals surface area contributed by atoms with Crippen molar-refractivity contribution in [2.75, 3.05) is 44.8 Å². The molecule has 0 amide bonds. The molecule has 27 heavy (non-hydrogen) atoms. The first-order valence-corrected chi connectivity index (χ1v) is 9.57. The number of nitrogens with one attached hydrogen (secondary N) is 2. The molecule has 1 aliphatic heterocycles. The molecule has 1 fully saturated rings. The number of furan rings is 1. The number of rotatable bonds is 8. The topological polar surface area (TPSA) is 74.9 Å². The highest BCUT2D eigenvalue weighted by molar-refractivity contribution is 5.80. The highest BCUT2D eigenvalue weighted by Gasteiger charge is 2.20. The minimum atomic E-state index is 0.405. The molecule has 0 unspecified atom stereocenters. The highest BCUT2D eigenvalue weighted by atomic mass is 16.5. The lowest BCUT2D eigenvalue weighted by Gasteiger charge is -2.33. The number of piperidine rings is 1. The standard InChI is InChI=1S/C20H29N5O2/c1-26-16-12-23-20(22-11-7-18-5-4-15-27-18)24-17-8-13-25(14-9-17)19-6-2-3-10-21-19/h2-6,10,15,17H,7-9,11-14,16H2,1H3,(H2,22,23,24). The molecule has 0 aliphatic carbocycles. The fourth-order valence-electron chi connectivity index (χ4n) is 3.15. The zero-order valence-electron chi connectivity index (χ0n) is 15.9. The summed E-state index contributed by atoms with van der Waals surface area (Å²) in [4.78, 5) is 11.4. The zero-order valence-corrected chi connectivity index (χ0v) is 15.9. The van der Waals surface area contributed by atoms with E-state index in [0.717, 1.165) is 56.4 Å². The number of aliphatic imine (C=N–C) groups is 1. The van der Waals surface area contributed by atoms with Crippen LogP contribution in [0, 0.1) is 0 Å².